The first kappa shape index (κ1) is 26.1. The van der Waals surface area contributed by atoms with Gasteiger partial charge in [-0.1, -0.05) is 58.3 Å². The summed E-state index contributed by atoms with van der Waals surface area (Å²) in [6.07, 6.45) is 8.73. The van der Waals surface area contributed by atoms with Gasteiger partial charge in [-0.05, 0) is 6.42 Å². The number of hydrogen-bond donors (Lipinski definition) is 2. The van der Waals surface area contributed by atoms with Crippen LogP contribution in [0.4, 0.5) is 0 Å². The molecule has 0 bridgehead atoms. The van der Waals surface area contributed by atoms with Crippen molar-refractivity contribution in [1.82, 2.24) is 0 Å². The van der Waals surface area contributed by atoms with E-state index in [0.717, 1.165) is 19.3 Å². The molecule has 0 radical (unpaired) electrons. The summed E-state index contributed by atoms with van der Waals surface area (Å²) in [5.74, 6) is -2.71. The molecule has 0 rings (SSSR count). The average Bonchev–Trinajstić information content (AvgIpc) is 2.45. The molecule has 0 aromatic heterocycles. The molecule has 24 heavy (non-hydrogen) atoms. The zero-order chi connectivity index (χ0) is 17.7. The van der Waals surface area contributed by atoms with Crippen LogP contribution in [-0.4, -0.2) is 71.4 Å². The quantitative estimate of drug-likeness (QED) is 0.206. The Morgan fingerprint density at radius 2 is 1.42 bits per heavy atom. The molecule has 0 heterocycles. The zero-order valence-corrected chi connectivity index (χ0v) is 14.5. The Bertz CT molecular complexity index is 451. The molecule has 0 saturated heterocycles. The minimum absolute atomic E-state index is 0. The van der Waals surface area contributed by atoms with Crippen LogP contribution < -0.4 is 0 Å². The molecule has 7 nitrogen and oxygen atoms in total. The molecule has 0 fully saturated rings. The summed E-state index contributed by atoms with van der Waals surface area (Å²) in [5.41, 5.74) is 0. The van der Waals surface area contributed by atoms with Gasteiger partial charge in [0, 0.05) is 0 Å². The number of rotatable bonds is 14. The van der Waals surface area contributed by atoms with E-state index >= 15 is 0 Å². The van der Waals surface area contributed by atoms with E-state index in [0.29, 0.717) is 6.42 Å². The minimum atomic E-state index is -4.78. The summed E-state index contributed by atoms with van der Waals surface area (Å²) in [5, 5.41) is 6.50. The number of esters is 1. The van der Waals surface area contributed by atoms with Crippen LogP contribution in [0.1, 0.15) is 71.1 Å². The number of carboxylic acids is 1. The Hall–Kier alpha value is -0.150. The van der Waals surface area contributed by atoms with E-state index in [1.807, 2.05) is 0 Å². The number of carbonyl (C=O) groups excluding carboxylic acids is 1. The second-order valence-corrected chi connectivity index (χ2v) is 7.20. The summed E-state index contributed by atoms with van der Waals surface area (Å²) < 4.78 is 35.6. The predicted octanol–water partition coefficient (Wildman–Crippen LogP) is 2.14. The molecule has 1 unspecified atom stereocenters. The van der Waals surface area contributed by atoms with Crippen LogP contribution in [0.15, 0.2) is 0 Å². The van der Waals surface area contributed by atoms with Gasteiger partial charge < -0.3 is 9.84 Å². The molecule has 9 heteroatoms. The van der Waals surface area contributed by atoms with Crippen LogP contribution in [0.3, 0.4) is 0 Å². The van der Waals surface area contributed by atoms with Crippen molar-refractivity contribution < 1.29 is 32.4 Å². The van der Waals surface area contributed by atoms with E-state index in [2.05, 4.69) is 6.92 Å². The van der Waals surface area contributed by atoms with Gasteiger partial charge in [-0.25, -0.2) is 0 Å². The molecule has 0 aromatic rings. The average molecular weight is 376 g/mol. The van der Waals surface area contributed by atoms with Gasteiger partial charge in [0.05, 0.1) is 13.0 Å². The molecule has 0 saturated carbocycles. The first-order chi connectivity index (χ1) is 10.8. The van der Waals surface area contributed by atoms with E-state index in [-0.39, 0.29) is 36.2 Å². The van der Waals surface area contributed by atoms with Crippen LogP contribution in [0, 0.1) is 0 Å². The molecule has 1 atom stereocenters. The summed E-state index contributed by atoms with van der Waals surface area (Å²) >= 11 is 0. The third-order valence-electron chi connectivity index (χ3n) is 3.47. The standard InChI is InChI=1S/C15H28O7S.Na.H/c1-2-3-4-5-6-7-8-9-10-11-22-15(18)13(12-14(16)17)23(19,20)21;;/h13H,2-12H2,1H3,(H,16,17)(H,19,20,21);;. The number of carbonyl (C=O) groups is 2. The first-order valence-electron chi connectivity index (χ1n) is 8.13. The third kappa shape index (κ3) is 14.2. The van der Waals surface area contributed by atoms with Gasteiger partial charge >= 0.3 is 41.5 Å². The van der Waals surface area contributed by atoms with E-state index in [4.69, 9.17) is 14.4 Å². The monoisotopic (exact) mass is 376 g/mol. The molecule has 0 amide bonds. The molecule has 0 aliphatic carbocycles. The van der Waals surface area contributed by atoms with Crippen molar-refractivity contribution in [3.05, 3.63) is 0 Å². The summed E-state index contributed by atoms with van der Waals surface area (Å²) in [7, 11) is -4.78. The Kier molecular flexibility index (Phi) is 16.4. The summed E-state index contributed by atoms with van der Waals surface area (Å²) in [6, 6.07) is 0. The van der Waals surface area contributed by atoms with Crippen molar-refractivity contribution in [3.63, 3.8) is 0 Å². The van der Waals surface area contributed by atoms with E-state index in [9.17, 15) is 18.0 Å². The van der Waals surface area contributed by atoms with Crippen LogP contribution >= 0.6 is 0 Å². The molecule has 2 N–H and O–H groups in total. The summed E-state index contributed by atoms with van der Waals surface area (Å²) in [6.45, 7) is 2.20. The van der Waals surface area contributed by atoms with Gasteiger partial charge in [-0.15, -0.1) is 0 Å². The molecule has 0 aliphatic rings. The number of aliphatic carboxylic acids is 1. The Balaban J connectivity index is 0. The normalized spacial score (nSPS) is 12.2. The van der Waals surface area contributed by atoms with Gasteiger partial charge in [-0.2, -0.15) is 8.42 Å². The summed E-state index contributed by atoms with van der Waals surface area (Å²) in [4.78, 5) is 22.1. The van der Waals surface area contributed by atoms with E-state index in [1.165, 1.54) is 32.1 Å². The number of ether oxygens (including phenoxy) is 1. The Morgan fingerprint density at radius 1 is 0.958 bits per heavy atom. The SMILES string of the molecule is CCCCCCCCCCCOC(=O)C(CC(=O)O)S(=O)(=O)O.[NaH]. The van der Waals surface area contributed by atoms with Crippen molar-refractivity contribution in [2.75, 3.05) is 6.61 Å². The van der Waals surface area contributed by atoms with Gasteiger partial charge in [0.1, 0.15) is 0 Å². The van der Waals surface area contributed by atoms with E-state index in [1.54, 1.807) is 0 Å². The molecular formula is C15H29NaO7S. The Labute approximate surface area is 166 Å². The van der Waals surface area contributed by atoms with Crippen molar-refractivity contribution >= 4 is 51.6 Å². The second-order valence-electron chi connectivity index (χ2n) is 5.60. The number of hydrogen-bond acceptors (Lipinski definition) is 5. The van der Waals surface area contributed by atoms with Crippen molar-refractivity contribution in [3.8, 4) is 0 Å². The molecule has 0 aromatic carbocycles. The maximum atomic E-state index is 11.5. The van der Waals surface area contributed by atoms with Gasteiger partial charge in [-0.3, -0.25) is 14.1 Å². The van der Waals surface area contributed by atoms with Crippen LogP contribution in [0.2, 0.25) is 0 Å². The van der Waals surface area contributed by atoms with E-state index < -0.39 is 33.7 Å². The van der Waals surface area contributed by atoms with Crippen LogP contribution in [0.25, 0.3) is 0 Å². The topological polar surface area (TPSA) is 118 Å². The van der Waals surface area contributed by atoms with Crippen molar-refractivity contribution in [2.45, 2.75) is 76.4 Å². The van der Waals surface area contributed by atoms with Gasteiger partial charge in [0.25, 0.3) is 10.1 Å². The van der Waals surface area contributed by atoms with Crippen LogP contribution in [0.5, 0.6) is 0 Å². The van der Waals surface area contributed by atoms with Gasteiger partial charge in [0.15, 0.2) is 5.25 Å². The van der Waals surface area contributed by atoms with Gasteiger partial charge in [0.2, 0.25) is 0 Å². The maximum absolute atomic E-state index is 11.5. The molecule has 138 valence electrons. The number of unbranched alkanes of at least 4 members (excludes halogenated alkanes) is 8. The van der Waals surface area contributed by atoms with Crippen molar-refractivity contribution in [1.29, 1.82) is 0 Å². The first-order valence-corrected chi connectivity index (χ1v) is 9.64. The molecular weight excluding hydrogens is 347 g/mol. The zero-order valence-electron chi connectivity index (χ0n) is 13.7. The fraction of sp³-hybridized carbons (Fsp3) is 0.867. The van der Waals surface area contributed by atoms with Crippen molar-refractivity contribution in [2.24, 2.45) is 0 Å². The number of carboxylic acid groups (broad SMARTS) is 1. The fourth-order valence-electron chi connectivity index (χ4n) is 2.15. The molecule has 0 spiro atoms. The Morgan fingerprint density at radius 3 is 1.83 bits per heavy atom. The van der Waals surface area contributed by atoms with Crippen LogP contribution in [-0.2, 0) is 24.4 Å². The fourth-order valence-corrected chi connectivity index (χ4v) is 2.81. The second kappa shape index (κ2) is 15.1. The molecule has 0 aliphatic heterocycles. The third-order valence-corrected chi connectivity index (χ3v) is 4.55. The predicted molar refractivity (Wildman–Crippen MR) is 92.9 cm³/mol.